The predicted molar refractivity (Wildman–Crippen MR) is 108 cm³/mol. The van der Waals surface area contributed by atoms with Gasteiger partial charge in [0.1, 0.15) is 51.2 Å². The second kappa shape index (κ2) is 9.20. The molecule has 5 nitrogen and oxygen atoms in total. The third-order valence-electron chi connectivity index (χ3n) is 5.25. The van der Waals surface area contributed by atoms with Crippen molar-refractivity contribution in [2.45, 2.75) is 32.8 Å². The number of aliphatic hydroxyl groups excluding tert-OH is 1. The number of hydrogen-bond acceptors (Lipinski definition) is 3. The van der Waals surface area contributed by atoms with E-state index in [1.165, 1.54) is 21.8 Å². The highest BCUT2D eigenvalue weighted by atomic mass is 16.5. The first-order chi connectivity index (χ1) is 13.0. The number of rotatable bonds is 7. The van der Waals surface area contributed by atoms with Gasteiger partial charge < -0.3 is 14.7 Å². The SMILES string of the molecule is Cc1ccc(C(C)C)c(OC[C@H](O)C[NH+]2CCN(c3cccc[nH+]3)CC2)c1. The fourth-order valence-electron chi connectivity index (χ4n) is 3.67. The van der Waals surface area contributed by atoms with Gasteiger partial charge in [0.2, 0.25) is 0 Å². The van der Waals surface area contributed by atoms with Gasteiger partial charge in [-0.05, 0) is 36.1 Å². The fourth-order valence-corrected chi connectivity index (χ4v) is 3.67. The third kappa shape index (κ3) is 5.44. The molecule has 0 spiro atoms. The molecule has 1 atom stereocenters. The smallest absolute Gasteiger partial charge is 0.274 e. The van der Waals surface area contributed by atoms with E-state index < -0.39 is 6.10 Å². The van der Waals surface area contributed by atoms with E-state index in [2.05, 4.69) is 61.0 Å². The topological polar surface area (TPSA) is 51.3 Å². The summed E-state index contributed by atoms with van der Waals surface area (Å²) >= 11 is 0. The molecule has 27 heavy (non-hydrogen) atoms. The van der Waals surface area contributed by atoms with Crippen molar-refractivity contribution in [1.29, 1.82) is 0 Å². The van der Waals surface area contributed by atoms with E-state index in [0.29, 0.717) is 12.5 Å². The van der Waals surface area contributed by atoms with Crippen LogP contribution in [-0.2, 0) is 0 Å². The molecule has 0 amide bonds. The highest BCUT2D eigenvalue weighted by molar-refractivity contribution is 5.39. The molecule has 0 unspecified atom stereocenters. The lowest BCUT2D eigenvalue weighted by Gasteiger charge is -2.29. The maximum Gasteiger partial charge on any atom is 0.274 e. The highest BCUT2D eigenvalue weighted by Crippen LogP contribution is 2.27. The molecule has 1 aromatic heterocycles. The van der Waals surface area contributed by atoms with Crippen molar-refractivity contribution in [2.24, 2.45) is 0 Å². The average molecular weight is 372 g/mol. The molecule has 5 heteroatoms. The molecule has 0 radical (unpaired) electrons. The summed E-state index contributed by atoms with van der Waals surface area (Å²) in [6, 6.07) is 12.5. The molecule has 2 heterocycles. The number of aliphatic hydroxyl groups is 1. The predicted octanol–water partition coefficient (Wildman–Crippen LogP) is 1.08. The number of aromatic amines is 1. The molecular weight excluding hydrogens is 338 g/mol. The zero-order valence-electron chi connectivity index (χ0n) is 16.7. The van der Waals surface area contributed by atoms with E-state index in [0.717, 1.165) is 38.5 Å². The van der Waals surface area contributed by atoms with Gasteiger partial charge in [-0.25, -0.2) is 4.98 Å². The standard InChI is InChI=1S/C22H31N3O2/c1-17(2)20-8-7-18(3)14-21(20)27-16-19(26)15-24-10-12-25(13-11-24)22-6-4-5-9-23-22/h4-9,14,17,19,26H,10-13,15-16H2,1-3H3/p+2/t19-/m1/s1. The lowest BCUT2D eigenvalue weighted by Crippen LogP contribution is -3.16. The Morgan fingerprint density at radius 3 is 2.63 bits per heavy atom. The zero-order chi connectivity index (χ0) is 19.2. The number of aryl methyl sites for hydroxylation is 1. The number of aromatic nitrogens is 1. The first kappa shape index (κ1) is 19.6. The number of nitrogens with zero attached hydrogens (tertiary/aromatic N) is 1. The van der Waals surface area contributed by atoms with E-state index in [-0.39, 0.29) is 0 Å². The Bertz CT molecular complexity index is 713. The minimum absolute atomic E-state index is 0.350. The normalized spacial score (nSPS) is 16.6. The van der Waals surface area contributed by atoms with Crippen LogP contribution in [-0.4, -0.2) is 50.5 Å². The number of H-pyrrole nitrogens is 1. The van der Waals surface area contributed by atoms with Crippen molar-refractivity contribution >= 4 is 5.82 Å². The van der Waals surface area contributed by atoms with Crippen molar-refractivity contribution in [2.75, 3.05) is 44.2 Å². The molecule has 1 aliphatic heterocycles. The number of ether oxygens (including phenoxy) is 1. The quantitative estimate of drug-likeness (QED) is 0.766. The van der Waals surface area contributed by atoms with Gasteiger partial charge in [-0.2, -0.15) is 0 Å². The molecule has 1 aromatic carbocycles. The van der Waals surface area contributed by atoms with Crippen LogP contribution < -0.4 is 19.5 Å². The van der Waals surface area contributed by atoms with E-state index in [4.69, 9.17) is 4.74 Å². The van der Waals surface area contributed by atoms with E-state index >= 15 is 0 Å². The van der Waals surface area contributed by atoms with Crippen LogP contribution in [0.15, 0.2) is 42.6 Å². The largest absolute Gasteiger partial charge is 0.490 e. The minimum atomic E-state index is -0.449. The Balaban J connectivity index is 1.47. The van der Waals surface area contributed by atoms with E-state index in [1.807, 2.05) is 12.3 Å². The van der Waals surface area contributed by atoms with Crippen LogP contribution >= 0.6 is 0 Å². The summed E-state index contributed by atoms with van der Waals surface area (Å²) in [7, 11) is 0. The van der Waals surface area contributed by atoms with Crippen molar-refractivity contribution in [3.63, 3.8) is 0 Å². The van der Waals surface area contributed by atoms with Gasteiger partial charge in [0.25, 0.3) is 5.82 Å². The Morgan fingerprint density at radius 2 is 1.96 bits per heavy atom. The molecule has 1 aliphatic rings. The molecule has 146 valence electrons. The van der Waals surface area contributed by atoms with Crippen LogP contribution in [0.5, 0.6) is 5.75 Å². The Hall–Kier alpha value is -2.11. The molecular formula is C22H33N3O2+2. The van der Waals surface area contributed by atoms with Crippen LogP contribution in [0.1, 0.15) is 30.9 Å². The van der Waals surface area contributed by atoms with Crippen molar-refractivity contribution in [1.82, 2.24) is 0 Å². The number of hydrogen-bond donors (Lipinski definition) is 2. The van der Waals surface area contributed by atoms with Gasteiger partial charge >= 0.3 is 0 Å². The van der Waals surface area contributed by atoms with Crippen LogP contribution in [0, 0.1) is 6.92 Å². The monoisotopic (exact) mass is 371 g/mol. The molecule has 0 saturated carbocycles. The van der Waals surface area contributed by atoms with Gasteiger partial charge in [-0.3, -0.25) is 4.90 Å². The third-order valence-corrected chi connectivity index (χ3v) is 5.25. The van der Waals surface area contributed by atoms with Gasteiger partial charge in [-0.15, -0.1) is 0 Å². The number of pyridine rings is 1. The summed E-state index contributed by atoms with van der Waals surface area (Å²) in [4.78, 5) is 7.10. The molecule has 3 N–H and O–H groups in total. The van der Waals surface area contributed by atoms with E-state index in [1.54, 1.807) is 0 Å². The Labute approximate surface area is 162 Å². The van der Waals surface area contributed by atoms with Crippen molar-refractivity contribution in [3.8, 4) is 5.75 Å². The van der Waals surface area contributed by atoms with Crippen LogP contribution in [0.25, 0.3) is 0 Å². The zero-order valence-corrected chi connectivity index (χ0v) is 16.7. The summed E-state index contributed by atoms with van der Waals surface area (Å²) in [6.45, 7) is 11.5. The van der Waals surface area contributed by atoms with Gasteiger partial charge in [-0.1, -0.05) is 32.0 Å². The lowest BCUT2D eigenvalue weighted by molar-refractivity contribution is -0.903. The number of anilines is 1. The van der Waals surface area contributed by atoms with Crippen molar-refractivity contribution in [3.05, 3.63) is 53.7 Å². The fraction of sp³-hybridized carbons (Fsp3) is 0.500. The molecule has 2 aromatic rings. The maximum absolute atomic E-state index is 10.5. The summed E-state index contributed by atoms with van der Waals surface area (Å²) in [5, 5.41) is 10.5. The van der Waals surface area contributed by atoms with Crippen LogP contribution in [0.2, 0.25) is 0 Å². The average Bonchev–Trinajstić information content (AvgIpc) is 2.67. The van der Waals surface area contributed by atoms with Crippen molar-refractivity contribution < 1.29 is 19.7 Å². The Morgan fingerprint density at radius 1 is 1.19 bits per heavy atom. The first-order valence-corrected chi connectivity index (χ1v) is 9.99. The Kier molecular flexibility index (Phi) is 6.69. The number of nitrogens with one attached hydrogen (secondary N) is 2. The second-order valence-electron chi connectivity index (χ2n) is 7.85. The first-order valence-electron chi connectivity index (χ1n) is 9.99. The summed E-state index contributed by atoms with van der Waals surface area (Å²) < 4.78 is 5.99. The van der Waals surface area contributed by atoms with Gasteiger partial charge in [0.15, 0.2) is 0 Å². The number of quaternary nitrogens is 1. The van der Waals surface area contributed by atoms with Gasteiger partial charge in [0.05, 0.1) is 6.20 Å². The summed E-state index contributed by atoms with van der Waals surface area (Å²) in [5.41, 5.74) is 2.39. The summed E-state index contributed by atoms with van der Waals surface area (Å²) in [5.74, 6) is 2.48. The van der Waals surface area contributed by atoms with E-state index in [9.17, 15) is 5.11 Å². The number of piperazine rings is 1. The molecule has 1 saturated heterocycles. The second-order valence-corrected chi connectivity index (χ2v) is 7.85. The maximum atomic E-state index is 10.5. The van der Waals surface area contributed by atoms with Gasteiger partial charge in [0, 0.05) is 6.07 Å². The highest BCUT2D eigenvalue weighted by Gasteiger charge is 2.27. The molecule has 0 bridgehead atoms. The lowest BCUT2D eigenvalue weighted by atomic mass is 10.0. The van der Waals surface area contributed by atoms with Crippen LogP contribution in [0.3, 0.4) is 0 Å². The minimum Gasteiger partial charge on any atom is -0.490 e. The molecule has 3 rings (SSSR count). The molecule has 0 aliphatic carbocycles. The summed E-state index contributed by atoms with van der Waals surface area (Å²) in [6.07, 6.45) is 1.52. The molecule has 1 fully saturated rings. The number of benzene rings is 1. The van der Waals surface area contributed by atoms with Crippen LogP contribution in [0.4, 0.5) is 5.82 Å².